The van der Waals surface area contributed by atoms with Gasteiger partial charge in [-0.3, -0.25) is 0 Å². The van der Waals surface area contributed by atoms with Crippen LogP contribution in [-0.4, -0.2) is 43.4 Å². The highest BCUT2D eigenvalue weighted by Crippen LogP contribution is 2.39. The van der Waals surface area contributed by atoms with Crippen molar-refractivity contribution in [3.63, 3.8) is 0 Å². The highest BCUT2D eigenvalue weighted by molar-refractivity contribution is 5.16. The van der Waals surface area contributed by atoms with E-state index in [2.05, 4.69) is 69.3 Å². The van der Waals surface area contributed by atoms with Gasteiger partial charge in [-0.25, -0.2) is 0 Å². The van der Waals surface area contributed by atoms with Gasteiger partial charge in [0, 0.05) is 0 Å². The molecule has 4 unspecified atom stereocenters. The summed E-state index contributed by atoms with van der Waals surface area (Å²) in [4.78, 5) is 0. The predicted octanol–water partition coefficient (Wildman–Crippen LogP) is 9.16. The second-order valence-corrected chi connectivity index (χ2v) is 14.3. The van der Waals surface area contributed by atoms with Crippen molar-refractivity contribution < 1.29 is 28.4 Å². The molecule has 6 nitrogen and oxygen atoms in total. The van der Waals surface area contributed by atoms with Crippen LogP contribution in [0.3, 0.4) is 0 Å². The monoisotopic (exact) mass is 678 g/mol. The summed E-state index contributed by atoms with van der Waals surface area (Å²) in [7, 11) is 0. The first-order chi connectivity index (χ1) is 24.5. The summed E-state index contributed by atoms with van der Waals surface area (Å²) in [6.07, 6.45) is 0.756. The molecule has 1 saturated heterocycles. The zero-order valence-electron chi connectivity index (χ0n) is 29.8. The van der Waals surface area contributed by atoms with Gasteiger partial charge in [0.1, 0.15) is 24.4 Å². The molecule has 6 rings (SSSR count). The Bertz CT molecular complexity index is 1500. The van der Waals surface area contributed by atoms with Crippen molar-refractivity contribution in [3.05, 3.63) is 144 Å². The molecule has 2 fully saturated rings. The van der Waals surface area contributed by atoms with Crippen LogP contribution < -0.4 is 0 Å². The first-order valence-electron chi connectivity index (χ1n) is 18.4. The van der Waals surface area contributed by atoms with E-state index < -0.39 is 30.7 Å². The Labute approximate surface area is 299 Å². The highest BCUT2D eigenvalue weighted by Gasteiger charge is 2.50. The third-order valence-electron chi connectivity index (χ3n) is 10.1. The predicted molar refractivity (Wildman–Crippen MR) is 196 cm³/mol. The summed E-state index contributed by atoms with van der Waals surface area (Å²) in [6, 6.07) is 41.0. The van der Waals surface area contributed by atoms with Crippen LogP contribution in [0.15, 0.2) is 121 Å². The van der Waals surface area contributed by atoms with E-state index in [9.17, 15) is 0 Å². The molecule has 0 aromatic heterocycles. The van der Waals surface area contributed by atoms with E-state index >= 15 is 0 Å². The highest BCUT2D eigenvalue weighted by atomic mass is 16.7. The van der Waals surface area contributed by atoms with Crippen LogP contribution in [0.2, 0.25) is 0 Å². The van der Waals surface area contributed by atoms with Crippen molar-refractivity contribution in [2.45, 2.75) is 103 Å². The van der Waals surface area contributed by atoms with Crippen LogP contribution >= 0.6 is 0 Å². The zero-order valence-corrected chi connectivity index (χ0v) is 29.8. The molecule has 6 heteroatoms. The van der Waals surface area contributed by atoms with Crippen molar-refractivity contribution in [2.75, 3.05) is 6.61 Å². The number of hydrogen-bond donors (Lipinski definition) is 0. The molecule has 0 amide bonds. The quantitative estimate of drug-likeness (QED) is 0.118. The Morgan fingerprint density at radius 3 is 1.54 bits per heavy atom. The largest absolute Gasteiger partial charge is 0.374 e. The number of rotatable bonds is 16. The summed E-state index contributed by atoms with van der Waals surface area (Å²) >= 11 is 0. The molecule has 0 N–H and O–H groups in total. The maximum Gasteiger partial charge on any atom is 0.187 e. The van der Waals surface area contributed by atoms with Gasteiger partial charge in [0.25, 0.3) is 0 Å². The summed E-state index contributed by atoms with van der Waals surface area (Å²) in [5.41, 5.74) is 4.34. The average Bonchev–Trinajstić information content (AvgIpc) is 3.14. The lowest BCUT2D eigenvalue weighted by Gasteiger charge is -2.48. The molecule has 1 aliphatic heterocycles. The molecule has 1 heterocycles. The standard InChI is InChI=1S/C44H54O6/c1-32(2)38-25-24-33(3)26-39(38)49-44-43(48-30-37-22-14-7-15-23-37)42(47-29-36-20-12-6-13-21-36)41(46-28-35-18-10-5-11-19-35)40(50-44)31-45-27-34-16-8-4-9-17-34/h4-23,32-33,38-44H,24-31H2,1-3H3/t33?,38?,39?,40-,41-,42+,43-,44?/m1/s1. The van der Waals surface area contributed by atoms with E-state index in [1.807, 2.05) is 72.8 Å². The van der Waals surface area contributed by atoms with Gasteiger partial charge in [-0.05, 0) is 52.8 Å². The molecule has 50 heavy (non-hydrogen) atoms. The number of hydrogen-bond acceptors (Lipinski definition) is 6. The second-order valence-electron chi connectivity index (χ2n) is 14.3. The minimum absolute atomic E-state index is 0.0500. The number of ether oxygens (including phenoxy) is 6. The molecule has 0 radical (unpaired) electrons. The van der Waals surface area contributed by atoms with Crippen LogP contribution in [0.4, 0.5) is 0 Å². The fourth-order valence-electron chi connectivity index (χ4n) is 7.30. The molecule has 1 saturated carbocycles. The van der Waals surface area contributed by atoms with Gasteiger partial charge < -0.3 is 28.4 Å². The van der Waals surface area contributed by atoms with Crippen molar-refractivity contribution in [1.29, 1.82) is 0 Å². The summed E-state index contributed by atoms with van der Waals surface area (Å²) in [6.45, 7) is 8.94. The molecular formula is C44H54O6. The lowest BCUT2D eigenvalue weighted by molar-refractivity contribution is -0.341. The third-order valence-corrected chi connectivity index (χ3v) is 10.1. The smallest absolute Gasteiger partial charge is 0.187 e. The molecule has 0 bridgehead atoms. The summed E-state index contributed by atoms with van der Waals surface area (Å²) in [5.74, 6) is 1.52. The summed E-state index contributed by atoms with van der Waals surface area (Å²) < 4.78 is 41.1. The van der Waals surface area contributed by atoms with Crippen LogP contribution in [0.5, 0.6) is 0 Å². The zero-order chi connectivity index (χ0) is 34.5. The first-order valence-corrected chi connectivity index (χ1v) is 18.4. The van der Waals surface area contributed by atoms with Gasteiger partial charge in [-0.2, -0.15) is 0 Å². The van der Waals surface area contributed by atoms with Crippen LogP contribution in [0.1, 0.15) is 62.3 Å². The molecule has 266 valence electrons. The van der Waals surface area contributed by atoms with E-state index in [-0.39, 0.29) is 6.10 Å². The van der Waals surface area contributed by atoms with Crippen LogP contribution in [0.25, 0.3) is 0 Å². The first kappa shape index (κ1) is 36.4. The van der Waals surface area contributed by atoms with E-state index in [1.165, 1.54) is 6.42 Å². The van der Waals surface area contributed by atoms with Gasteiger partial charge in [0.05, 0.1) is 39.1 Å². The fourth-order valence-corrected chi connectivity index (χ4v) is 7.30. The van der Waals surface area contributed by atoms with E-state index in [0.29, 0.717) is 50.8 Å². The normalized spacial score (nSPS) is 27.0. The fraction of sp³-hybridized carbons (Fsp3) is 0.455. The van der Waals surface area contributed by atoms with E-state index in [4.69, 9.17) is 28.4 Å². The molecular weight excluding hydrogens is 624 g/mol. The van der Waals surface area contributed by atoms with Crippen molar-refractivity contribution in [2.24, 2.45) is 17.8 Å². The molecule has 4 aromatic carbocycles. The van der Waals surface area contributed by atoms with E-state index in [0.717, 1.165) is 35.1 Å². The van der Waals surface area contributed by atoms with Gasteiger partial charge >= 0.3 is 0 Å². The Hall–Kier alpha value is -3.36. The van der Waals surface area contributed by atoms with Gasteiger partial charge in [0.15, 0.2) is 6.29 Å². The van der Waals surface area contributed by atoms with Gasteiger partial charge in [-0.1, -0.05) is 149 Å². The molecule has 1 aliphatic carbocycles. The maximum absolute atomic E-state index is 7.13. The lowest BCUT2D eigenvalue weighted by atomic mass is 9.75. The Morgan fingerprint density at radius 1 is 0.580 bits per heavy atom. The molecule has 2 aliphatic rings. The maximum atomic E-state index is 7.13. The molecule has 0 spiro atoms. The molecule has 8 atom stereocenters. The lowest BCUT2D eigenvalue weighted by Crippen LogP contribution is -2.62. The van der Waals surface area contributed by atoms with Gasteiger partial charge in [0.2, 0.25) is 0 Å². The van der Waals surface area contributed by atoms with Gasteiger partial charge in [-0.15, -0.1) is 0 Å². The minimum atomic E-state index is -0.669. The van der Waals surface area contributed by atoms with Crippen molar-refractivity contribution >= 4 is 0 Å². The number of benzene rings is 4. The van der Waals surface area contributed by atoms with Crippen molar-refractivity contribution in [1.82, 2.24) is 0 Å². The van der Waals surface area contributed by atoms with Crippen LogP contribution in [0, 0.1) is 17.8 Å². The van der Waals surface area contributed by atoms with Crippen molar-refractivity contribution in [3.8, 4) is 0 Å². The Kier molecular flexibility index (Phi) is 13.7. The minimum Gasteiger partial charge on any atom is -0.374 e. The Morgan fingerprint density at radius 2 is 1.04 bits per heavy atom. The Balaban J connectivity index is 1.33. The topological polar surface area (TPSA) is 55.4 Å². The van der Waals surface area contributed by atoms with Crippen LogP contribution in [-0.2, 0) is 54.8 Å². The van der Waals surface area contributed by atoms with E-state index in [1.54, 1.807) is 0 Å². The SMILES string of the molecule is CC1CCC(C(C)C)C(OC2O[C@H](COCc3ccccc3)[C@@H](OCc3ccccc3)[C@H](OCc3ccccc3)[C@H]2OCc2ccccc2)C1. The molecule has 4 aromatic rings. The third kappa shape index (κ3) is 10.3. The average molecular weight is 679 g/mol. The summed E-state index contributed by atoms with van der Waals surface area (Å²) in [5, 5.41) is 0. The second kappa shape index (κ2) is 18.8.